The first kappa shape index (κ1) is 19.1. The number of allylic oxidation sites excluding steroid dienone is 1. The van der Waals surface area contributed by atoms with Crippen molar-refractivity contribution in [1.82, 2.24) is 0 Å². The highest BCUT2D eigenvalue weighted by Gasteiger charge is 2.34. The van der Waals surface area contributed by atoms with E-state index in [9.17, 15) is 14.4 Å². The van der Waals surface area contributed by atoms with Gasteiger partial charge in [-0.1, -0.05) is 19.1 Å². The number of rotatable bonds is 9. The lowest BCUT2D eigenvalue weighted by atomic mass is 9.93. The third-order valence-electron chi connectivity index (χ3n) is 3.04. The van der Waals surface area contributed by atoms with Gasteiger partial charge in [0, 0.05) is 6.42 Å². The van der Waals surface area contributed by atoms with Gasteiger partial charge in [0.05, 0.1) is 18.1 Å². The normalized spacial score (nSPS) is 11.4. The Morgan fingerprint density at radius 3 is 2.17 bits per heavy atom. The van der Waals surface area contributed by atoms with Crippen LogP contribution < -0.4 is 0 Å². The molecule has 6 heteroatoms. The Balaban J connectivity index is 3.04. The van der Waals surface area contributed by atoms with Gasteiger partial charge in [-0.15, -0.1) is 11.3 Å². The Bertz CT molecular complexity index is 542. The van der Waals surface area contributed by atoms with Crippen molar-refractivity contribution in [2.24, 2.45) is 5.92 Å². The maximum Gasteiger partial charge on any atom is 0.324 e. The van der Waals surface area contributed by atoms with Crippen LogP contribution in [0.3, 0.4) is 0 Å². The van der Waals surface area contributed by atoms with E-state index in [1.165, 1.54) is 11.3 Å². The third-order valence-corrected chi connectivity index (χ3v) is 3.95. The van der Waals surface area contributed by atoms with Crippen LogP contribution in [0.4, 0.5) is 0 Å². The summed E-state index contributed by atoms with van der Waals surface area (Å²) in [5.41, 5.74) is 0.433. The molecule has 0 spiro atoms. The minimum Gasteiger partial charge on any atom is -0.465 e. The minimum absolute atomic E-state index is 0.00332. The summed E-state index contributed by atoms with van der Waals surface area (Å²) in [4.78, 5) is 37.3. The summed E-state index contributed by atoms with van der Waals surface area (Å²) in [6.07, 6.45) is 2.32. The van der Waals surface area contributed by atoms with Crippen LogP contribution in [-0.2, 0) is 19.1 Å². The van der Waals surface area contributed by atoms with Crippen LogP contribution in [0, 0.1) is 5.92 Å². The average molecular weight is 338 g/mol. The third kappa shape index (κ3) is 5.63. The first-order chi connectivity index (χ1) is 11.0. The van der Waals surface area contributed by atoms with Crippen molar-refractivity contribution in [3.8, 4) is 0 Å². The fourth-order valence-electron chi connectivity index (χ4n) is 2.11. The van der Waals surface area contributed by atoms with Crippen molar-refractivity contribution in [3.05, 3.63) is 34.0 Å². The van der Waals surface area contributed by atoms with Crippen LogP contribution in [0.25, 0.3) is 0 Å². The van der Waals surface area contributed by atoms with Gasteiger partial charge in [0.25, 0.3) is 0 Å². The Morgan fingerprint density at radius 2 is 1.74 bits per heavy atom. The molecule has 0 aliphatic heterocycles. The molecule has 0 unspecified atom stereocenters. The summed E-state index contributed by atoms with van der Waals surface area (Å²) >= 11 is 1.33. The lowest BCUT2D eigenvalue weighted by molar-refractivity contribution is -0.159. The summed E-state index contributed by atoms with van der Waals surface area (Å²) in [5.74, 6) is -2.66. The molecular formula is C17H22O5S. The molecule has 0 radical (unpaired) electrons. The number of carbonyl (C=O) groups excluding carboxylic acids is 3. The van der Waals surface area contributed by atoms with E-state index in [0.717, 1.165) is 0 Å². The zero-order valence-corrected chi connectivity index (χ0v) is 14.5. The molecule has 23 heavy (non-hydrogen) atoms. The Labute approximate surface area is 140 Å². The minimum atomic E-state index is -1.18. The van der Waals surface area contributed by atoms with Gasteiger partial charge < -0.3 is 9.47 Å². The summed E-state index contributed by atoms with van der Waals surface area (Å²) in [6.45, 7) is 5.53. The van der Waals surface area contributed by atoms with E-state index < -0.39 is 17.9 Å². The molecule has 0 saturated heterocycles. The smallest absolute Gasteiger partial charge is 0.324 e. The average Bonchev–Trinajstić information content (AvgIpc) is 3.02. The van der Waals surface area contributed by atoms with Crippen LogP contribution in [0.2, 0.25) is 0 Å². The highest BCUT2D eigenvalue weighted by molar-refractivity contribution is 7.12. The second kappa shape index (κ2) is 9.94. The van der Waals surface area contributed by atoms with Crippen LogP contribution in [0.1, 0.15) is 43.3 Å². The molecule has 1 aromatic rings. The molecule has 0 N–H and O–H groups in total. The van der Waals surface area contributed by atoms with Gasteiger partial charge in [-0.25, -0.2) is 0 Å². The summed E-state index contributed by atoms with van der Waals surface area (Å²) < 4.78 is 9.96. The van der Waals surface area contributed by atoms with Crippen LogP contribution in [0.15, 0.2) is 29.2 Å². The summed E-state index contributed by atoms with van der Waals surface area (Å²) in [5, 5.41) is 1.81. The van der Waals surface area contributed by atoms with Crippen molar-refractivity contribution < 1.29 is 23.9 Å². The van der Waals surface area contributed by atoms with Gasteiger partial charge in [-0.05, 0) is 37.3 Å². The Morgan fingerprint density at radius 1 is 1.13 bits per heavy atom. The standard InChI is InChI=1S/C17H22O5S/c1-4-8-12(11-13(18)14-9-7-10-23-14)15(16(19)21-5-2)17(20)22-6-3/h7-10,15H,4-6,11H2,1-3H3/b12-8-. The van der Waals surface area contributed by atoms with Gasteiger partial charge in [0.15, 0.2) is 11.7 Å². The number of thiophene rings is 1. The van der Waals surface area contributed by atoms with Gasteiger partial charge >= 0.3 is 11.9 Å². The highest BCUT2D eigenvalue weighted by atomic mass is 32.1. The lowest BCUT2D eigenvalue weighted by Crippen LogP contribution is -2.30. The van der Waals surface area contributed by atoms with E-state index >= 15 is 0 Å². The molecule has 0 bridgehead atoms. The molecule has 0 amide bonds. The van der Waals surface area contributed by atoms with E-state index in [-0.39, 0.29) is 25.4 Å². The quantitative estimate of drug-likeness (QED) is 0.299. The molecule has 0 aliphatic rings. The summed E-state index contributed by atoms with van der Waals surface area (Å²) in [6, 6.07) is 3.51. The van der Waals surface area contributed by atoms with Crippen LogP contribution >= 0.6 is 11.3 Å². The molecule has 126 valence electrons. The lowest BCUT2D eigenvalue weighted by Gasteiger charge is -2.17. The number of carbonyl (C=O) groups is 3. The van der Waals surface area contributed by atoms with E-state index in [4.69, 9.17) is 9.47 Å². The van der Waals surface area contributed by atoms with Crippen molar-refractivity contribution in [1.29, 1.82) is 0 Å². The molecule has 0 saturated carbocycles. The van der Waals surface area contributed by atoms with Crippen molar-refractivity contribution in [3.63, 3.8) is 0 Å². The molecule has 0 aromatic carbocycles. The first-order valence-electron chi connectivity index (χ1n) is 7.63. The number of Topliss-reactive ketones (excluding diaryl/α,β-unsaturated/α-hetero) is 1. The molecule has 1 aromatic heterocycles. The topological polar surface area (TPSA) is 69.7 Å². The molecule has 1 rings (SSSR count). The van der Waals surface area contributed by atoms with Gasteiger partial charge in [-0.2, -0.15) is 0 Å². The van der Waals surface area contributed by atoms with Crippen molar-refractivity contribution in [2.75, 3.05) is 13.2 Å². The number of hydrogen-bond acceptors (Lipinski definition) is 6. The molecule has 0 fully saturated rings. The van der Waals surface area contributed by atoms with Gasteiger partial charge in [0.1, 0.15) is 0 Å². The highest BCUT2D eigenvalue weighted by Crippen LogP contribution is 2.23. The number of ketones is 1. The molecule has 0 aliphatic carbocycles. The maximum atomic E-state index is 12.3. The number of ether oxygens (including phenoxy) is 2. The van der Waals surface area contributed by atoms with E-state index in [0.29, 0.717) is 16.9 Å². The fourth-order valence-corrected chi connectivity index (χ4v) is 2.78. The molecule has 0 atom stereocenters. The zero-order chi connectivity index (χ0) is 17.2. The SMILES string of the molecule is CC/C=C(/CC(=O)c1cccs1)C(C(=O)OCC)C(=O)OCC. The second-order valence-corrected chi connectivity index (χ2v) is 5.65. The van der Waals surface area contributed by atoms with E-state index in [1.54, 1.807) is 32.1 Å². The predicted molar refractivity (Wildman–Crippen MR) is 88.4 cm³/mol. The molecule has 5 nitrogen and oxygen atoms in total. The summed E-state index contributed by atoms with van der Waals surface area (Å²) in [7, 11) is 0. The van der Waals surface area contributed by atoms with E-state index in [1.807, 2.05) is 12.3 Å². The Hall–Kier alpha value is -1.95. The molecular weight excluding hydrogens is 316 g/mol. The predicted octanol–water partition coefficient (Wildman–Crippen LogP) is 3.40. The van der Waals surface area contributed by atoms with Crippen molar-refractivity contribution in [2.45, 2.75) is 33.6 Å². The maximum absolute atomic E-state index is 12.3. The fraction of sp³-hybridized carbons (Fsp3) is 0.471. The second-order valence-electron chi connectivity index (χ2n) is 4.70. The van der Waals surface area contributed by atoms with Gasteiger partial charge in [0.2, 0.25) is 0 Å². The first-order valence-corrected chi connectivity index (χ1v) is 8.51. The van der Waals surface area contributed by atoms with Crippen LogP contribution in [0.5, 0.6) is 0 Å². The Kier molecular flexibility index (Phi) is 8.26. The molecule has 1 heterocycles. The van der Waals surface area contributed by atoms with Crippen LogP contribution in [-0.4, -0.2) is 30.9 Å². The number of esters is 2. The van der Waals surface area contributed by atoms with E-state index in [2.05, 4.69) is 0 Å². The van der Waals surface area contributed by atoms with Crippen molar-refractivity contribution >= 4 is 29.1 Å². The zero-order valence-electron chi connectivity index (χ0n) is 13.7. The largest absolute Gasteiger partial charge is 0.465 e. The number of hydrogen-bond donors (Lipinski definition) is 0. The van der Waals surface area contributed by atoms with Gasteiger partial charge in [-0.3, -0.25) is 14.4 Å². The monoisotopic (exact) mass is 338 g/mol.